The Morgan fingerprint density at radius 3 is 2.29 bits per heavy atom. The summed E-state index contributed by atoms with van der Waals surface area (Å²) in [6.07, 6.45) is 3.24. The van der Waals surface area contributed by atoms with Gasteiger partial charge in [-0.25, -0.2) is 0 Å². The molecule has 2 heterocycles. The summed E-state index contributed by atoms with van der Waals surface area (Å²) in [5.74, 6) is -1.31. The minimum atomic E-state index is -0.840. The topological polar surface area (TPSA) is 79.7 Å². The van der Waals surface area contributed by atoms with Gasteiger partial charge in [0.1, 0.15) is 11.5 Å². The average Bonchev–Trinajstić information content (AvgIpc) is 3.08. The van der Waals surface area contributed by atoms with Crippen molar-refractivity contribution in [2.45, 2.75) is 46.1 Å². The van der Waals surface area contributed by atoms with Crippen LogP contribution in [0.4, 0.5) is 5.69 Å². The highest BCUT2D eigenvalue weighted by atomic mass is 16.5. The first kappa shape index (κ1) is 24.2. The molecule has 1 aliphatic heterocycles. The van der Waals surface area contributed by atoms with Crippen LogP contribution in [0.25, 0.3) is 5.76 Å². The molecule has 1 fully saturated rings. The van der Waals surface area contributed by atoms with Crippen LogP contribution in [-0.2, 0) is 15.0 Å². The minimum absolute atomic E-state index is 0.00604. The smallest absolute Gasteiger partial charge is 0.300 e. The predicted molar refractivity (Wildman–Crippen MR) is 137 cm³/mol. The van der Waals surface area contributed by atoms with Crippen LogP contribution in [0.15, 0.2) is 66.5 Å². The van der Waals surface area contributed by atoms with Crippen molar-refractivity contribution in [2.75, 3.05) is 12.0 Å². The summed E-state index contributed by atoms with van der Waals surface area (Å²) in [5, 5.41) is 11.6. The lowest BCUT2D eigenvalue weighted by Gasteiger charge is -2.26. The number of ketones is 1. The number of carbonyl (C=O) groups is 2. The number of hydrogen-bond acceptors (Lipinski definition) is 5. The molecule has 2 aromatic carbocycles. The van der Waals surface area contributed by atoms with E-state index < -0.39 is 17.7 Å². The van der Waals surface area contributed by atoms with E-state index in [9.17, 15) is 14.7 Å². The number of aryl methyl sites for hydroxylation is 2. The number of aliphatic hydroxyl groups is 1. The number of carbonyl (C=O) groups excluding carboxylic acids is 2. The second-order valence-corrected chi connectivity index (χ2v) is 9.97. The Morgan fingerprint density at radius 2 is 1.71 bits per heavy atom. The molecule has 1 saturated heterocycles. The Balaban J connectivity index is 2.00. The summed E-state index contributed by atoms with van der Waals surface area (Å²) in [6, 6.07) is 14.0. The number of anilines is 1. The van der Waals surface area contributed by atoms with Gasteiger partial charge in [0, 0.05) is 18.1 Å². The maximum Gasteiger partial charge on any atom is 0.300 e. The van der Waals surface area contributed by atoms with Gasteiger partial charge in [0.25, 0.3) is 11.7 Å². The number of nitrogens with zero attached hydrogens (tertiary/aromatic N) is 2. The molecular formula is C29H30N2O4. The van der Waals surface area contributed by atoms with Crippen LogP contribution in [0.3, 0.4) is 0 Å². The molecule has 0 spiro atoms. The van der Waals surface area contributed by atoms with E-state index in [0.717, 1.165) is 16.7 Å². The average molecular weight is 471 g/mol. The zero-order chi connectivity index (χ0) is 25.5. The molecule has 0 aliphatic carbocycles. The number of Topliss-reactive ketones (excluding diaryl/α,β-unsaturated/α-hetero) is 1. The van der Waals surface area contributed by atoms with E-state index in [4.69, 9.17) is 4.74 Å². The lowest BCUT2D eigenvalue weighted by molar-refractivity contribution is -0.132. The number of aromatic nitrogens is 1. The zero-order valence-corrected chi connectivity index (χ0v) is 20.9. The second-order valence-electron chi connectivity index (χ2n) is 9.97. The second kappa shape index (κ2) is 9.02. The van der Waals surface area contributed by atoms with Crippen molar-refractivity contribution in [3.05, 3.63) is 94.3 Å². The zero-order valence-electron chi connectivity index (χ0n) is 20.9. The van der Waals surface area contributed by atoms with Crippen molar-refractivity contribution < 1.29 is 19.4 Å². The molecule has 3 aromatic rings. The lowest BCUT2D eigenvalue weighted by atomic mass is 9.85. The largest absolute Gasteiger partial charge is 0.507 e. The molecule has 0 saturated carbocycles. The summed E-state index contributed by atoms with van der Waals surface area (Å²) in [4.78, 5) is 32.5. The Kier molecular flexibility index (Phi) is 6.24. The van der Waals surface area contributed by atoms with Gasteiger partial charge >= 0.3 is 0 Å². The number of aliphatic hydroxyl groups excluding tert-OH is 1. The van der Waals surface area contributed by atoms with Gasteiger partial charge in [-0.2, -0.15) is 0 Å². The molecule has 180 valence electrons. The highest BCUT2D eigenvalue weighted by Gasteiger charge is 2.47. The van der Waals surface area contributed by atoms with Gasteiger partial charge in [0.15, 0.2) is 0 Å². The van der Waals surface area contributed by atoms with Gasteiger partial charge in [-0.1, -0.05) is 39.0 Å². The van der Waals surface area contributed by atoms with Crippen LogP contribution in [0.2, 0.25) is 0 Å². The summed E-state index contributed by atoms with van der Waals surface area (Å²) in [6.45, 7) is 10.1. The van der Waals surface area contributed by atoms with E-state index in [2.05, 4.69) is 25.8 Å². The molecule has 1 aromatic heterocycles. The fourth-order valence-electron chi connectivity index (χ4n) is 4.55. The number of amides is 1. The molecule has 1 N–H and O–H groups in total. The first-order valence-electron chi connectivity index (χ1n) is 11.5. The van der Waals surface area contributed by atoms with E-state index in [-0.39, 0.29) is 16.7 Å². The normalized spacial score (nSPS) is 17.7. The Labute approximate surface area is 205 Å². The monoisotopic (exact) mass is 470 g/mol. The van der Waals surface area contributed by atoms with Gasteiger partial charge in [-0.05, 0) is 71.8 Å². The number of hydrogen-bond donors (Lipinski definition) is 1. The van der Waals surface area contributed by atoms with Crippen molar-refractivity contribution in [2.24, 2.45) is 0 Å². The Bertz CT molecular complexity index is 1320. The number of ether oxygens (including phenoxy) is 1. The molecule has 0 radical (unpaired) electrons. The van der Waals surface area contributed by atoms with E-state index in [1.54, 1.807) is 30.6 Å². The molecular weight excluding hydrogens is 440 g/mol. The third kappa shape index (κ3) is 4.44. The molecule has 4 rings (SSSR count). The highest BCUT2D eigenvalue weighted by Crippen LogP contribution is 2.44. The molecule has 0 bridgehead atoms. The maximum atomic E-state index is 13.5. The van der Waals surface area contributed by atoms with Crippen molar-refractivity contribution in [1.82, 2.24) is 4.98 Å². The molecule has 1 atom stereocenters. The molecule has 1 unspecified atom stereocenters. The number of benzene rings is 2. The van der Waals surface area contributed by atoms with Gasteiger partial charge in [0.2, 0.25) is 0 Å². The molecule has 1 aliphatic rings. The van der Waals surface area contributed by atoms with Crippen molar-refractivity contribution in [1.29, 1.82) is 0 Å². The standard InChI is InChI=1S/C29H30N2O4/c1-17-12-18(2)14-21(13-17)31-25(19-8-7-11-30-16-19)24(27(33)28(31)34)26(32)22-15-20(29(3,4)5)9-10-23(22)35-6/h7-16,25,32H,1-6H3/b26-24+. The highest BCUT2D eigenvalue weighted by molar-refractivity contribution is 6.51. The van der Waals surface area contributed by atoms with Gasteiger partial charge in [-0.15, -0.1) is 0 Å². The Hall–Kier alpha value is -3.93. The summed E-state index contributed by atoms with van der Waals surface area (Å²) in [5.41, 5.74) is 4.28. The van der Waals surface area contributed by atoms with Crippen LogP contribution in [0.1, 0.15) is 54.6 Å². The quantitative estimate of drug-likeness (QED) is 0.304. The number of rotatable bonds is 4. The third-order valence-electron chi connectivity index (χ3n) is 6.25. The van der Waals surface area contributed by atoms with E-state index >= 15 is 0 Å². The van der Waals surface area contributed by atoms with Crippen LogP contribution >= 0.6 is 0 Å². The Morgan fingerprint density at radius 1 is 1.03 bits per heavy atom. The SMILES string of the molecule is COc1ccc(C(C)(C)C)cc1/C(O)=C1\C(=O)C(=O)N(c2cc(C)cc(C)c2)C1c1cccnc1. The van der Waals surface area contributed by atoms with E-state index in [0.29, 0.717) is 22.6 Å². The van der Waals surface area contributed by atoms with Gasteiger partial charge < -0.3 is 9.84 Å². The first-order chi connectivity index (χ1) is 16.5. The molecule has 1 amide bonds. The first-order valence-corrected chi connectivity index (χ1v) is 11.5. The van der Waals surface area contributed by atoms with Crippen LogP contribution < -0.4 is 9.64 Å². The van der Waals surface area contributed by atoms with Crippen LogP contribution in [0, 0.1) is 13.8 Å². The number of methoxy groups -OCH3 is 1. The summed E-state index contributed by atoms with van der Waals surface area (Å²) in [7, 11) is 1.51. The van der Waals surface area contributed by atoms with Gasteiger partial charge in [0.05, 0.1) is 24.3 Å². The van der Waals surface area contributed by atoms with E-state index in [1.807, 2.05) is 44.2 Å². The fraction of sp³-hybridized carbons (Fsp3) is 0.276. The predicted octanol–water partition coefficient (Wildman–Crippen LogP) is 5.63. The summed E-state index contributed by atoms with van der Waals surface area (Å²) < 4.78 is 5.52. The van der Waals surface area contributed by atoms with Crippen molar-refractivity contribution >= 4 is 23.1 Å². The molecule has 6 nitrogen and oxygen atoms in total. The minimum Gasteiger partial charge on any atom is -0.507 e. The maximum absolute atomic E-state index is 13.5. The van der Waals surface area contributed by atoms with Crippen LogP contribution in [-0.4, -0.2) is 28.9 Å². The lowest BCUT2D eigenvalue weighted by Crippen LogP contribution is -2.29. The molecule has 6 heteroatoms. The van der Waals surface area contributed by atoms with Crippen molar-refractivity contribution in [3.8, 4) is 5.75 Å². The number of pyridine rings is 1. The summed E-state index contributed by atoms with van der Waals surface area (Å²) >= 11 is 0. The third-order valence-corrected chi connectivity index (χ3v) is 6.25. The van der Waals surface area contributed by atoms with E-state index in [1.165, 1.54) is 12.0 Å². The van der Waals surface area contributed by atoms with Gasteiger partial charge in [-0.3, -0.25) is 19.5 Å². The van der Waals surface area contributed by atoms with Crippen molar-refractivity contribution in [3.63, 3.8) is 0 Å². The fourth-order valence-corrected chi connectivity index (χ4v) is 4.55. The van der Waals surface area contributed by atoms with Crippen LogP contribution in [0.5, 0.6) is 5.75 Å². The molecule has 35 heavy (non-hydrogen) atoms.